The third-order valence-electron chi connectivity index (χ3n) is 14.9. The van der Waals surface area contributed by atoms with Crippen LogP contribution in [0.1, 0.15) is 0 Å². The van der Waals surface area contributed by atoms with Gasteiger partial charge in [-0.2, -0.15) is 9.97 Å². The van der Waals surface area contributed by atoms with Gasteiger partial charge in [0.05, 0.1) is 22.1 Å². The summed E-state index contributed by atoms with van der Waals surface area (Å²) in [6, 6.07) is 93.8. The number of rotatable bonds is 7. The van der Waals surface area contributed by atoms with Crippen LogP contribution in [0.4, 0.5) is 0 Å². The maximum absolute atomic E-state index is 5.50. The Balaban J connectivity index is 0.974. The Morgan fingerprint density at radius 2 is 0.743 bits per heavy atom. The highest BCUT2D eigenvalue weighted by atomic mass is 15.2. The summed E-state index contributed by atoms with van der Waals surface area (Å²) in [7, 11) is 0. The van der Waals surface area contributed by atoms with Crippen LogP contribution in [-0.2, 0) is 0 Å². The number of benzene rings is 12. The number of nitrogens with zero attached hydrogens (tertiary/aromatic N) is 5. The molecule has 5 nitrogen and oxygen atoms in total. The Kier molecular flexibility index (Phi) is 9.50. The van der Waals surface area contributed by atoms with E-state index in [0.29, 0.717) is 17.6 Å². The lowest BCUT2D eigenvalue weighted by atomic mass is 9.86. The largest absolute Gasteiger partial charge is 0.309 e. The maximum atomic E-state index is 5.50. The van der Waals surface area contributed by atoms with Gasteiger partial charge in [0.1, 0.15) is 0 Å². The van der Waals surface area contributed by atoms with Gasteiger partial charge in [-0.3, -0.25) is 4.57 Å². The molecule has 0 aliphatic heterocycles. The number of fused-ring (bicyclic) bond motifs is 9. The summed E-state index contributed by atoms with van der Waals surface area (Å²) >= 11 is 0. The molecule has 3 heterocycles. The molecule has 0 N–H and O–H groups in total. The van der Waals surface area contributed by atoms with E-state index in [0.717, 1.165) is 71.7 Å². The van der Waals surface area contributed by atoms with Crippen LogP contribution in [0.5, 0.6) is 0 Å². The Hall–Kier alpha value is -9.97. The summed E-state index contributed by atoms with van der Waals surface area (Å²) in [5, 5.41) is 11.8. The SMILES string of the molecule is c1ccc(-c2nc(-c3cccc(-c4c(-c5cccc6ccccc56)ccc5ccc(-c6cccc7ccccc67)cc45)c3)nc(-n3c4ccccc4c4cc5c(cc43)c3ccccc3n5-c3ccccc3)n2)cc1. The fourth-order valence-electron chi connectivity index (χ4n) is 11.6. The molecule has 74 heavy (non-hydrogen) atoms. The van der Waals surface area contributed by atoms with Gasteiger partial charge >= 0.3 is 0 Å². The zero-order valence-electron chi connectivity index (χ0n) is 40.1. The topological polar surface area (TPSA) is 48.5 Å². The van der Waals surface area contributed by atoms with E-state index < -0.39 is 0 Å². The summed E-state index contributed by atoms with van der Waals surface area (Å²) in [4.78, 5) is 16.2. The molecule has 3 aromatic heterocycles. The second kappa shape index (κ2) is 16.8. The van der Waals surface area contributed by atoms with Gasteiger partial charge in [0.2, 0.25) is 5.95 Å². The molecule has 0 atom stereocenters. The van der Waals surface area contributed by atoms with Gasteiger partial charge in [-0.1, -0.05) is 212 Å². The number of para-hydroxylation sites is 3. The Morgan fingerprint density at radius 1 is 0.243 bits per heavy atom. The summed E-state index contributed by atoms with van der Waals surface area (Å²) in [5.74, 6) is 1.75. The average Bonchev–Trinajstić information content (AvgIpc) is 3.98. The third-order valence-corrected chi connectivity index (χ3v) is 14.9. The minimum Gasteiger partial charge on any atom is -0.309 e. The first-order valence-electron chi connectivity index (χ1n) is 25.2. The van der Waals surface area contributed by atoms with Gasteiger partial charge in [-0.05, 0) is 114 Å². The second-order valence-corrected chi connectivity index (χ2v) is 19.1. The molecular formula is C69H43N5. The fourth-order valence-corrected chi connectivity index (χ4v) is 11.6. The molecule has 15 rings (SSSR count). The standard InChI is InChI=1S/C69H43N5/c1-3-20-47(21-4-1)67-70-68(72-69(71-67)74-63-35-14-12-31-57(63)61-42-64-60(43-65(61)74)56-30-11-13-34-62(56)73(64)51-26-5-2-6-27-51)50-25-15-24-49(40-50)66-58(55-33-17-23-45-19-8-10-29-53(45)55)39-38-46-36-37-48(41-59(46)66)54-32-16-22-44-18-7-9-28-52(44)54/h1-43H. The first-order chi connectivity index (χ1) is 36.7. The Bertz CT molecular complexity index is 4710. The van der Waals surface area contributed by atoms with Crippen molar-refractivity contribution < 1.29 is 0 Å². The third kappa shape index (κ3) is 6.68. The van der Waals surface area contributed by atoms with Crippen molar-refractivity contribution in [3.8, 4) is 67.8 Å². The molecule has 12 aromatic carbocycles. The van der Waals surface area contributed by atoms with E-state index in [1.165, 1.54) is 54.4 Å². The van der Waals surface area contributed by atoms with Crippen LogP contribution >= 0.6 is 0 Å². The van der Waals surface area contributed by atoms with E-state index >= 15 is 0 Å². The van der Waals surface area contributed by atoms with Crippen molar-refractivity contribution in [1.82, 2.24) is 24.1 Å². The van der Waals surface area contributed by atoms with Crippen LogP contribution in [0.25, 0.3) is 144 Å². The van der Waals surface area contributed by atoms with Gasteiger partial charge in [-0.25, -0.2) is 4.98 Å². The molecular weight excluding hydrogens is 899 g/mol. The molecule has 15 aromatic rings. The molecule has 0 aliphatic carbocycles. The van der Waals surface area contributed by atoms with E-state index in [1.807, 2.05) is 18.2 Å². The predicted molar refractivity (Wildman–Crippen MR) is 308 cm³/mol. The molecule has 5 heteroatoms. The van der Waals surface area contributed by atoms with Gasteiger partial charge < -0.3 is 4.57 Å². The quantitative estimate of drug-likeness (QED) is 0.160. The molecule has 0 spiro atoms. The number of aromatic nitrogens is 5. The van der Waals surface area contributed by atoms with Crippen LogP contribution in [0.3, 0.4) is 0 Å². The lowest BCUT2D eigenvalue weighted by Crippen LogP contribution is -2.06. The van der Waals surface area contributed by atoms with Crippen LogP contribution in [0, 0.1) is 0 Å². The molecule has 0 amide bonds. The van der Waals surface area contributed by atoms with Crippen LogP contribution in [0.2, 0.25) is 0 Å². The lowest BCUT2D eigenvalue weighted by Gasteiger charge is -2.18. The van der Waals surface area contributed by atoms with Crippen molar-refractivity contribution in [3.05, 3.63) is 261 Å². The van der Waals surface area contributed by atoms with Crippen molar-refractivity contribution in [1.29, 1.82) is 0 Å². The monoisotopic (exact) mass is 941 g/mol. The zero-order chi connectivity index (χ0) is 48.7. The van der Waals surface area contributed by atoms with E-state index in [-0.39, 0.29) is 0 Å². The van der Waals surface area contributed by atoms with Gasteiger partial charge in [0, 0.05) is 38.4 Å². The fraction of sp³-hybridized carbons (Fsp3) is 0. The highest BCUT2D eigenvalue weighted by molar-refractivity contribution is 6.19. The molecule has 0 saturated heterocycles. The van der Waals surface area contributed by atoms with Crippen molar-refractivity contribution in [2.75, 3.05) is 0 Å². The maximum Gasteiger partial charge on any atom is 0.238 e. The van der Waals surface area contributed by atoms with Gasteiger partial charge in [0.15, 0.2) is 11.6 Å². The van der Waals surface area contributed by atoms with E-state index in [4.69, 9.17) is 15.0 Å². The summed E-state index contributed by atoms with van der Waals surface area (Å²) in [6.45, 7) is 0. The predicted octanol–water partition coefficient (Wildman–Crippen LogP) is 17.9. The summed E-state index contributed by atoms with van der Waals surface area (Å²) < 4.78 is 4.61. The van der Waals surface area contributed by atoms with Crippen LogP contribution in [-0.4, -0.2) is 24.1 Å². The normalized spacial score (nSPS) is 11.8. The second-order valence-electron chi connectivity index (χ2n) is 19.1. The molecule has 0 radical (unpaired) electrons. The van der Waals surface area contributed by atoms with Crippen molar-refractivity contribution in [3.63, 3.8) is 0 Å². The molecule has 0 bridgehead atoms. The minimum absolute atomic E-state index is 0.554. The van der Waals surface area contributed by atoms with E-state index in [1.54, 1.807) is 0 Å². The van der Waals surface area contributed by atoms with E-state index in [9.17, 15) is 0 Å². The van der Waals surface area contributed by atoms with Crippen molar-refractivity contribution in [2.24, 2.45) is 0 Å². The first-order valence-corrected chi connectivity index (χ1v) is 25.2. The van der Waals surface area contributed by atoms with Crippen LogP contribution < -0.4 is 0 Å². The van der Waals surface area contributed by atoms with Crippen LogP contribution in [0.15, 0.2) is 261 Å². The number of hydrogen-bond acceptors (Lipinski definition) is 3. The van der Waals surface area contributed by atoms with Crippen molar-refractivity contribution in [2.45, 2.75) is 0 Å². The van der Waals surface area contributed by atoms with Gasteiger partial charge in [0.25, 0.3) is 0 Å². The smallest absolute Gasteiger partial charge is 0.238 e. The van der Waals surface area contributed by atoms with Gasteiger partial charge in [-0.15, -0.1) is 0 Å². The van der Waals surface area contributed by atoms with Crippen molar-refractivity contribution >= 4 is 75.9 Å². The first kappa shape index (κ1) is 41.8. The summed E-state index contributed by atoms with van der Waals surface area (Å²) in [6.07, 6.45) is 0. The lowest BCUT2D eigenvalue weighted by molar-refractivity contribution is 0.954. The molecule has 0 saturated carbocycles. The molecule has 0 unspecified atom stereocenters. The minimum atomic E-state index is 0.554. The molecule has 0 fully saturated rings. The Labute approximate surface area is 426 Å². The molecule has 0 aliphatic rings. The molecule has 344 valence electrons. The number of hydrogen-bond donors (Lipinski definition) is 0. The summed E-state index contributed by atoms with van der Waals surface area (Å²) in [5.41, 5.74) is 14.2. The average molecular weight is 942 g/mol. The highest BCUT2D eigenvalue weighted by Crippen LogP contribution is 2.44. The Morgan fingerprint density at radius 3 is 1.46 bits per heavy atom. The van der Waals surface area contributed by atoms with E-state index in [2.05, 4.69) is 252 Å². The highest BCUT2D eigenvalue weighted by Gasteiger charge is 2.22. The zero-order valence-corrected chi connectivity index (χ0v) is 40.1.